The van der Waals surface area contributed by atoms with E-state index in [0.717, 1.165) is 16.9 Å². The molecule has 0 saturated heterocycles. The van der Waals surface area contributed by atoms with Crippen LogP contribution in [-0.4, -0.2) is 48.1 Å². The summed E-state index contributed by atoms with van der Waals surface area (Å²) in [7, 11) is 1.48. The molecule has 29 heavy (non-hydrogen) atoms. The topological polar surface area (TPSA) is 108 Å². The number of carboxylic acids is 1. The Morgan fingerprint density at radius 3 is 2.34 bits per heavy atom. The van der Waals surface area contributed by atoms with Gasteiger partial charge < -0.3 is 15.2 Å². The fraction of sp³-hybridized carbons (Fsp3) is 0.350. The first-order valence-electron chi connectivity index (χ1n) is 9.22. The number of aromatic carboxylic acids is 1. The molecule has 0 aliphatic carbocycles. The Hall–Kier alpha value is -2.91. The van der Waals surface area contributed by atoms with Gasteiger partial charge in [0, 0.05) is 19.2 Å². The average molecular weight is 420 g/mol. The molecule has 3 N–H and O–H groups in total. The molecule has 0 unspecified atom stereocenters. The highest BCUT2D eigenvalue weighted by Crippen LogP contribution is 2.35. The zero-order valence-corrected chi connectivity index (χ0v) is 17.5. The second-order valence-corrected chi connectivity index (χ2v) is 7.17. The average Bonchev–Trinajstić information content (AvgIpc) is 3.08. The molecule has 0 atom stereocenters. The van der Waals surface area contributed by atoms with E-state index in [-0.39, 0.29) is 28.6 Å². The normalized spacial score (nSPS) is 10.6. The number of thiophene rings is 1. The number of nitrogens with zero attached hydrogens (tertiary/aromatic N) is 1. The van der Waals surface area contributed by atoms with E-state index >= 15 is 0 Å². The van der Waals surface area contributed by atoms with Crippen LogP contribution in [0.3, 0.4) is 0 Å². The molecular weight excluding hydrogens is 394 g/mol. The zero-order valence-electron chi connectivity index (χ0n) is 16.7. The van der Waals surface area contributed by atoms with Gasteiger partial charge in [-0.1, -0.05) is 44.2 Å². The molecular formula is C20H25N3O5S. The first-order valence-corrected chi connectivity index (χ1v) is 10.0. The molecule has 2 aromatic rings. The predicted molar refractivity (Wildman–Crippen MR) is 112 cm³/mol. The first kappa shape index (κ1) is 22.4. The van der Waals surface area contributed by atoms with Crippen molar-refractivity contribution in [3.05, 3.63) is 51.9 Å². The molecule has 2 amide bonds. The van der Waals surface area contributed by atoms with Crippen LogP contribution in [0.5, 0.6) is 0 Å². The molecule has 0 aliphatic heterocycles. The molecule has 2 rings (SSSR count). The van der Waals surface area contributed by atoms with Crippen LogP contribution in [0.2, 0.25) is 0 Å². The Labute approximate surface area is 173 Å². The number of ether oxygens (including phenoxy) is 1. The number of rotatable bonds is 9. The molecule has 0 bridgehead atoms. The van der Waals surface area contributed by atoms with E-state index in [1.165, 1.54) is 7.05 Å². The van der Waals surface area contributed by atoms with Gasteiger partial charge >= 0.3 is 12.1 Å². The van der Waals surface area contributed by atoms with Crippen molar-refractivity contribution in [1.29, 1.82) is 0 Å². The van der Waals surface area contributed by atoms with Crippen molar-refractivity contribution < 1.29 is 24.2 Å². The van der Waals surface area contributed by atoms with E-state index in [4.69, 9.17) is 4.74 Å². The molecule has 1 aromatic carbocycles. The summed E-state index contributed by atoms with van der Waals surface area (Å²) in [6.07, 6.45) is -0.782. The van der Waals surface area contributed by atoms with Crippen molar-refractivity contribution in [2.75, 3.05) is 25.5 Å². The maximum absolute atomic E-state index is 12.3. The lowest BCUT2D eigenvalue weighted by Gasteiger charge is -2.18. The summed E-state index contributed by atoms with van der Waals surface area (Å²) in [4.78, 5) is 38.8. The predicted octanol–water partition coefficient (Wildman–Crippen LogP) is 3.40. The summed E-state index contributed by atoms with van der Waals surface area (Å²) >= 11 is 0.929. The van der Waals surface area contributed by atoms with Crippen LogP contribution in [0.25, 0.3) is 0 Å². The summed E-state index contributed by atoms with van der Waals surface area (Å²) < 4.78 is 5.18. The monoisotopic (exact) mass is 419 g/mol. The Morgan fingerprint density at radius 2 is 1.79 bits per heavy atom. The van der Waals surface area contributed by atoms with E-state index in [1.54, 1.807) is 0 Å². The number of carboxylic acid groups (broad SMARTS) is 1. The van der Waals surface area contributed by atoms with Gasteiger partial charge in [0.25, 0.3) is 5.91 Å². The van der Waals surface area contributed by atoms with Gasteiger partial charge in [0.1, 0.15) is 11.6 Å². The third-order valence-electron chi connectivity index (χ3n) is 4.36. The number of anilines is 1. The SMILES string of the molecule is CCN(CC)Cc1c(C(=O)NC)sc(NC(=O)OCc2ccccc2)c1C(=O)O. The van der Waals surface area contributed by atoms with Crippen LogP contribution in [0.15, 0.2) is 30.3 Å². The third kappa shape index (κ3) is 5.78. The maximum atomic E-state index is 12.3. The van der Waals surface area contributed by atoms with Crippen molar-refractivity contribution in [2.45, 2.75) is 27.0 Å². The largest absolute Gasteiger partial charge is 0.478 e. The van der Waals surface area contributed by atoms with Crippen LogP contribution < -0.4 is 10.6 Å². The van der Waals surface area contributed by atoms with Crippen LogP contribution in [0.1, 0.15) is 45.0 Å². The van der Waals surface area contributed by atoms with Gasteiger partial charge in [0.2, 0.25) is 0 Å². The molecule has 0 aliphatic rings. The summed E-state index contributed by atoms with van der Waals surface area (Å²) in [6.45, 7) is 5.64. The Morgan fingerprint density at radius 1 is 1.14 bits per heavy atom. The molecule has 156 valence electrons. The zero-order chi connectivity index (χ0) is 21.4. The van der Waals surface area contributed by atoms with Crippen molar-refractivity contribution in [3.63, 3.8) is 0 Å². The van der Waals surface area contributed by atoms with Crippen LogP contribution in [-0.2, 0) is 17.9 Å². The Bertz CT molecular complexity index is 863. The molecule has 0 saturated carbocycles. The third-order valence-corrected chi connectivity index (χ3v) is 5.50. The quantitative estimate of drug-likeness (QED) is 0.575. The van der Waals surface area contributed by atoms with Gasteiger partial charge in [-0.25, -0.2) is 9.59 Å². The van der Waals surface area contributed by atoms with Crippen molar-refractivity contribution in [3.8, 4) is 0 Å². The summed E-state index contributed by atoms with van der Waals surface area (Å²) in [6, 6.07) is 9.13. The highest BCUT2D eigenvalue weighted by atomic mass is 32.1. The number of nitrogens with one attached hydrogen (secondary N) is 2. The highest BCUT2D eigenvalue weighted by molar-refractivity contribution is 7.18. The van der Waals surface area contributed by atoms with Gasteiger partial charge in [0.15, 0.2) is 0 Å². The maximum Gasteiger partial charge on any atom is 0.412 e. The molecule has 0 fully saturated rings. The molecule has 9 heteroatoms. The number of carbonyl (C=O) groups excluding carboxylic acids is 2. The summed E-state index contributed by atoms with van der Waals surface area (Å²) in [5.41, 5.74) is 1.10. The molecule has 0 radical (unpaired) electrons. The molecule has 1 heterocycles. The summed E-state index contributed by atoms with van der Waals surface area (Å²) in [5, 5.41) is 14.9. The lowest BCUT2D eigenvalue weighted by Crippen LogP contribution is -2.26. The number of carbonyl (C=O) groups is 3. The smallest absolute Gasteiger partial charge is 0.412 e. The van der Waals surface area contributed by atoms with E-state index in [1.807, 2.05) is 49.1 Å². The Balaban J connectivity index is 2.29. The van der Waals surface area contributed by atoms with E-state index in [9.17, 15) is 19.5 Å². The highest BCUT2D eigenvalue weighted by Gasteiger charge is 2.28. The molecule has 1 aromatic heterocycles. The van der Waals surface area contributed by atoms with Crippen LogP contribution in [0.4, 0.5) is 9.80 Å². The minimum atomic E-state index is -1.21. The number of hydrogen-bond acceptors (Lipinski definition) is 6. The van der Waals surface area contributed by atoms with E-state index in [0.29, 0.717) is 18.7 Å². The first-order chi connectivity index (χ1) is 13.9. The van der Waals surface area contributed by atoms with Gasteiger partial charge in [0.05, 0.1) is 10.4 Å². The van der Waals surface area contributed by atoms with Gasteiger partial charge in [-0.2, -0.15) is 0 Å². The minimum Gasteiger partial charge on any atom is -0.478 e. The number of amides is 2. The van der Waals surface area contributed by atoms with Gasteiger partial charge in [-0.3, -0.25) is 15.0 Å². The fourth-order valence-electron chi connectivity index (χ4n) is 2.75. The second kappa shape index (κ2) is 10.6. The van der Waals surface area contributed by atoms with Gasteiger partial charge in [-0.15, -0.1) is 11.3 Å². The van der Waals surface area contributed by atoms with Crippen LogP contribution in [0, 0.1) is 0 Å². The lowest BCUT2D eigenvalue weighted by atomic mass is 10.1. The van der Waals surface area contributed by atoms with Crippen LogP contribution >= 0.6 is 11.3 Å². The van der Waals surface area contributed by atoms with Crippen molar-refractivity contribution in [1.82, 2.24) is 10.2 Å². The standard InChI is InChI=1S/C20H25N3O5S/c1-4-23(5-2)11-14-15(19(25)26)18(29-16(14)17(24)21-3)22-20(27)28-12-13-9-7-6-8-10-13/h6-10H,4-5,11-12H2,1-3H3,(H,21,24)(H,22,27)(H,25,26). The van der Waals surface area contributed by atoms with E-state index < -0.39 is 18.0 Å². The Kier molecular flexibility index (Phi) is 8.17. The fourth-order valence-corrected chi connectivity index (χ4v) is 3.89. The minimum absolute atomic E-state index is 0.0507. The van der Waals surface area contributed by atoms with E-state index in [2.05, 4.69) is 10.6 Å². The second-order valence-electron chi connectivity index (χ2n) is 6.15. The van der Waals surface area contributed by atoms with Crippen molar-refractivity contribution >= 4 is 34.3 Å². The number of benzene rings is 1. The lowest BCUT2D eigenvalue weighted by molar-refractivity contribution is 0.0696. The van der Waals surface area contributed by atoms with Gasteiger partial charge in [-0.05, 0) is 18.7 Å². The molecule has 0 spiro atoms. The summed E-state index contributed by atoms with van der Waals surface area (Å²) in [5.74, 6) is -1.61. The molecule has 8 nitrogen and oxygen atoms in total. The van der Waals surface area contributed by atoms with Crippen molar-refractivity contribution in [2.24, 2.45) is 0 Å². The number of hydrogen-bond donors (Lipinski definition) is 3.